The number of carbonyl (C=O) groups excluding carboxylic acids is 1. The van der Waals surface area contributed by atoms with Gasteiger partial charge < -0.3 is 0 Å². The van der Waals surface area contributed by atoms with E-state index in [9.17, 15) is 9.18 Å². The Bertz CT molecular complexity index is 368. The molecular weight excluding hydrogens is 217 g/mol. The van der Waals surface area contributed by atoms with E-state index in [0.717, 1.165) is 18.7 Å². The molecule has 0 bridgehead atoms. The van der Waals surface area contributed by atoms with Crippen molar-refractivity contribution in [1.29, 1.82) is 0 Å². The van der Waals surface area contributed by atoms with Gasteiger partial charge in [0.2, 0.25) is 0 Å². The van der Waals surface area contributed by atoms with Gasteiger partial charge in [0.1, 0.15) is 5.82 Å². The van der Waals surface area contributed by atoms with Crippen LogP contribution in [0.25, 0.3) is 0 Å². The number of benzene rings is 1. The smallest absolute Gasteiger partial charge is 0.151 e. The maximum Gasteiger partial charge on any atom is 0.151 e. The molecule has 0 radical (unpaired) electrons. The van der Waals surface area contributed by atoms with Crippen LogP contribution >= 0.6 is 0 Å². The van der Waals surface area contributed by atoms with Gasteiger partial charge in [-0.3, -0.25) is 9.69 Å². The summed E-state index contributed by atoms with van der Waals surface area (Å²) in [6.07, 6.45) is 4.09. The van der Waals surface area contributed by atoms with Crippen molar-refractivity contribution < 1.29 is 9.18 Å². The highest BCUT2D eigenvalue weighted by Gasteiger charge is 2.13. The lowest BCUT2D eigenvalue weighted by Crippen LogP contribution is -2.35. The molecule has 1 aromatic carbocycles. The van der Waals surface area contributed by atoms with Crippen molar-refractivity contribution in [2.45, 2.75) is 25.7 Å². The Morgan fingerprint density at radius 2 is 1.76 bits per heavy atom. The largest absolute Gasteiger partial charge is 0.298 e. The molecule has 1 aliphatic rings. The summed E-state index contributed by atoms with van der Waals surface area (Å²) in [4.78, 5) is 14.0. The SMILES string of the molecule is O=C(Cc1ccc(F)cc1)CN1CCCCC1. The number of hydrogen-bond acceptors (Lipinski definition) is 2. The summed E-state index contributed by atoms with van der Waals surface area (Å²) >= 11 is 0. The lowest BCUT2D eigenvalue weighted by molar-refractivity contribution is -0.119. The fraction of sp³-hybridized carbons (Fsp3) is 0.500. The van der Waals surface area contributed by atoms with Crippen LogP contribution in [0.1, 0.15) is 24.8 Å². The summed E-state index contributed by atoms with van der Waals surface area (Å²) in [7, 11) is 0. The van der Waals surface area contributed by atoms with Gasteiger partial charge in [-0.05, 0) is 43.6 Å². The normalized spacial score (nSPS) is 17.0. The zero-order valence-corrected chi connectivity index (χ0v) is 9.99. The van der Waals surface area contributed by atoms with Gasteiger partial charge in [-0.25, -0.2) is 4.39 Å². The van der Waals surface area contributed by atoms with Crippen molar-refractivity contribution in [3.8, 4) is 0 Å². The first-order chi connectivity index (χ1) is 8.24. The molecule has 17 heavy (non-hydrogen) atoms. The van der Waals surface area contributed by atoms with E-state index in [1.54, 1.807) is 12.1 Å². The molecule has 0 aliphatic carbocycles. The van der Waals surface area contributed by atoms with Crippen LogP contribution in [-0.2, 0) is 11.2 Å². The maximum atomic E-state index is 12.7. The maximum absolute atomic E-state index is 12.7. The molecule has 0 amide bonds. The first-order valence-corrected chi connectivity index (χ1v) is 6.22. The quantitative estimate of drug-likeness (QED) is 0.799. The van der Waals surface area contributed by atoms with Gasteiger partial charge >= 0.3 is 0 Å². The Morgan fingerprint density at radius 3 is 2.41 bits per heavy atom. The Balaban J connectivity index is 1.82. The van der Waals surface area contributed by atoms with E-state index >= 15 is 0 Å². The highest BCUT2D eigenvalue weighted by atomic mass is 19.1. The fourth-order valence-electron chi connectivity index (χ4n) is 2.25. The van der Waals surface area contributed by atoms with Crippen LogP contribution in [-0.4, -0.2) is 30.3 Å². The summed E-state index contributed by atoms with van der Waals surface area (Å²) in [6.45, 7) is 2.61. The van der Waals surface area contributed by atoms with E-state index in [0.29, 0.717) is 13.0 Å². The average molecular weight is 235 g/mol. The third-order valence-electron chi connectivity index (χ3n) is 3.16. The highest BCUT2D eigenvalue weighted by Crippen LogP contribution is 2.09. The van der Waals surface area contributed by atoms with Crippen molar-refractivity contribution in [3.63, 3.8) is 0 Å². The molecule has 0 unspecified atom stereocenters. The molecule has 1 aromatic rings. The number of hydrogen-bond donors (Lipinski definition) is 0. The minimum atomic E-state index is -0.253. The lowest BCUT2D eigenvalue weighted by Gasteiger charge is -2.25. The number of halogens is 1. The van der Waals surface area contributed by atoms with Crippen LogP contribution in [0.3, 0.4) is 0 Å². The summed E-state index contributed by atoms with van der Waals surface area (Å²) in [6, 6.07) is 6.18. The summed E-state index contributed by atoms with van der Waals surface area (Å²) < 4.78 is 12.7. The molecule has 0 aromatic heterocycles. The second-order valence-corrected chi connectivity index (χ2v) is 4.68. The molecule has 0 atom stereocenters. The molecule has 1 saturated heterocycles. The first kappa shape index (κ1) is 12.2. The summed E-state index contributed by atoms with van der Waals surface area (Å²) in [5, 5.41) is 0. The number of piperidine rings is 1. The van der Waals surface area contributed by atoms with E-state index in [2.05, 4.69) is 4.90 Å². The molecule has 2 nitrogen and oxygen atoms in total. The van der Waals surface area contributed by atoms with Gasteiger partial charge in [0, 0.05) is 6.42 Å². The minimum absolute atomic E-state index is 0.221. The van der Waals surface area contributed by atoms with Crippen LogP contribution in [0.2, 0.25) is 0 Å². The zero-order chi connectivity index (χ0) is 12.1. The molecule has 1 aliphatic heterocycles. The molecule has 0 N–H and O–H groups in total. The van der Waals surface area contributed by atoms with E-state index in [1.165, 1.54) is 31.4 Å². The van der Waals surface area contributed by atoms with Crippen LogP contribution in [0, 0.1) is 5.82 Å². The number of rotatable bonds is 4. The van der Waals surface area contributed by atoms with Crippen LogP contribution in [0.4, 0.5) is 4.39 Å². The van der Waals surface area contributed by atoms with Gasteiger partial charge in [0.05, 0.1) is 6.54 Å². The van der Waals surface area contributed by atoms with Gasteiger partial charge in [-0.2, -0.15) is 0 Å². The zero-order valence-electron chi connectivity index (χ0n) is 9.99. The van der Waals surface area contributed by atoms with Crippen LogP contribution in [0.5, 0.6) is 0 Å². The third-order valence-corrected chi connectivity index (χ3v) is 3.16. The molecule has 2 rings (SSSR count). The van der Waals surface area contributed by atoms with Crippen molar-refractivity contribution in [1.82, 2.24) is 4.90 Å². The van der Waals surface area contributed by atoms with Crippen LogP contribution in [0.15, 0.2) is 24.3 Å². The summed E-state index contributed by atoms with van der Waals surface area (Å²) in [5.74, 6) is -0.0317. The number of nitrogens with zero attached hydrogens (tertiary/aromatic N) is 1. The van der Waals surface area contributed by atoms with Gasteiger partial charge in [-0.15, -0.1) is 0 Å². The van der Waals surface area contributed by atoms with E-state index in [1.807, 2.05) is 0 Å². The predicted octanol–water partition coefficient (Wildman–Crippen LogP) is 2.42. The predicted molar refractivity (Wildman–Crippen MR) is 65.4 cm³/mol. The van der Waals surface area contributed by atoms with E-state index in [-0.39, 0.29) is 11.6 Å². The van der Waals surface area contributed by atoms with Crippen molar-refractivity contribution >= 4 is 5.78 Å². The Morgan fingerprint density at radius 1 is 1.12 bits per heavy atom. The van der Waals surface area contributed by atoms with Crippen LogP contribution < -0.4 is 0 Å². The Kier molecular flexibility index (Phi) is 4.26. The number of ketones is 1. The Hall–Kier alpha value is -1.22. The standard InChI is InChI=1S/C14H18FNO/c15-13-6-4-12(5-7-13)10-14(17)11-16-8-2-1-3-9-16/h4-7H,1-3,8-11H2. The molecule has 1 heterocycles. The van der Waals surface area contributed by atoms with E-state index < -0.39 is 0 Å². The molecule has 92 valence electrons. The monoisotopic (exact) mass is 235 g/mol. The van der Waals surface area contributed by atoms with Gasteiger partial charge in [0.15, 0.2) is 5.78 Å². The number of likely N-dealkylation sites (tertiary alicyclic amines) is 1. The second-order valence-electron chi connectivity index (χ2n) is 4.68. The fourth-order valence-corrected chi connectivity index (χ4v) is 2.25. The average Bonchev–Trinajstić information content (AvgIpc) is 2.33. The number of Topliss-reactive ketones (excluding diaryl/α,β-unsaturated/α-hetero) is 1. The van der Waals surface area contributed by atoms with E-state index in [4.69, 9.17) is 0 Å². The summed E-state index contributed by atoms with van der Waals surface area (Å²) in [5.41, 5.74) is 0.897. The van der Waals surface area contributed by atoms with Gasteiger partial charge in [0.25, 0.3) is 0 Å². The van der Waals surface area contributed by atoms with Crippen molar-refractivity contribution in [2.75, 3.05) is 19.6 Å². The molecule has 3 heteroatoms. The molecule has 1 fully saturated rings. The Labute approximate surface area is 101 Å². The lowest BCUT2D eigenvalue weighted by atomic mass is 10.1. The third kappa shape index (κ3) is 3.93. The minimum Gasteiger partial charge on any atom is -0.298 e. The molecule has 0 spiro atoms. The first-order valence-electron chi connectivity index (χ1n) is 6.22. The number of carbonyl (C=O) groups is 1. The molecule has 0 saturated carbocycles. The topological polar surface area (TPSA) is 20.3 Å². The van der Waals surface area contributed by atoms with Crippen molar-refractivity contribution in [3.05, 3.63) is 35.6 Å². The van der Waals surface area contributed by atoms with Gasteiger partial charge in [-0.1, -0.05) is 18.6 Å². The highest BCUT2D eigenvalue weighted by molar-refractivity contribution is 5.82. The van der Waals surface area contributed by atoms with Crippen molar-refractivity contribution in [2.24, 2.45) is 0 Å². The second kappa shape index (κ2) is 5.92. The molecular formula is C14H18FNO.